The second-order valence-corrected chi connectivity index (χ2v) is 6.24. The van der Waals surface area contributed by atoms with Gasteiger partial charge in [-0.3, -0.25) is 4.79 Å². The summed E-state index contributed by atoms with van der Waals surface area (Å²) in [6.45, 7) is 0. The molecule has 15 heavy (non-hydrogen) atoms. The van der Waals surface area contributed by atoms with Crippen LogP contribution in [-0.2, 0) is 14.6 Å². The lowest BCUT2D eigenvalue weighted by atomic mass is 9.94. The molecular weight excluding hydrogens is 223 g/mol. The quantitative estimate of drug-likeness (QED) is 0.796. The summed E-state index contributed by atoms with van der Waals surface area (Å²) in [6.07, 6.45) is -0.790. The van der Waals surface area contributed by atoms with E-state index in [-0.39, 0.29) is 37.2 Å². The molecule has 0 aromatic heterocycles. The number of aliphatic carboxylic acids is 1. The maximum Gasteiger partial charge on any atom is 0.303 e. The first-order chi connectivity index (χ1) is 6.91. The zero-order valence-electron chi connectivity index (χ0n) is 8.36. The highest BCUT2D eigenvalue weighted by molar-refractivity contribution is 7.91. The second-order valence-electron chi connectivity index (χ2n) is 3.94. The highest BCUT2D eigenvalue weighted by Gasteiger charge is 2.29. The Bertz CT molecular complexity index is 325. The van der Waals surface area contributed by atoms with E-state index in [4.69, 9.17) is 5.11 Å². The fraction of sp³-hybridized carbons (Fsp3) is 0.889. The maximum atomic E-state index is 13.4. The monoisotopic (exact) mass is 238 g/mol. The van der Waals surface area contributed by atoms with Crippen molar-refractivity contribution in [3.63, 3.8) is 0 Å². The van der Waals surface area contributed by atoms with Gasteiger partial charge in [0.05, 0.1) is 11.5 Å². The van der Waals surface area contributed by atoms with E-state index in [1.807, 2.05) is 0 Å². The Hall–Kier alpha value is -0.650. The fourth-order valence-corrected chi connectivity index (χ4v) is 3.23. The summed E-state index contributed by atoms with van der Waals surface area (Å²) in [5.41, 5.74) is 0. The van der Waals surface area contributed by atoms with Gasteiger partial charge in [-0.05, 0) is 25.2 Å². The van der Waals surface area contributed by atoms with Crippen molar-refractivity contribution in [3.05, 3.63) is 0 Å². The van der Waals surface area contributed by atoms with Crippen LogP contribution in [0.4, 0.5) is 4.39 Å². The first-order valence-electron chi connectivity index (χ1n) is 4.97. The summed E-state index contributed by atoms with van der Waals surface area (Å²) in [5.74, 6) is -1.51. The zero-order chi connectivity index (χ0) is 11.5. The fourth-order valence-electron chi connectivity index (χ4n) is 1.78. The average molecular weight is 238 g/mol. The summed E-state index contributed by atoms with van der Waals surface area (Å²) in [4.78, 5) is 10.3. The number of alkyl halides is 1. The standard InChI is InChI=1S/C9H15FO4S/c10-8-4-6-15(13,14)5-3-7(8)1-2-9(11)12/h7-8H,1-6H2,(H,11,12)/t7-,8-/m1/s1. The van der Waals surface area contributed by atoms with Crippen molar-refractivity contribution in [2.24, 2.45) is 5.92 Å². The molecule has 4 nitrogen and oxygen atoms in total. The van der Waals surface area contributed by atoms with Gasteiger partial charge in [-0.15, -0.1) is 0 Å². The van der Waals surface area contributed by atoms with Crippen LogP contribution < -0.4 is 0 Å². The Labute approximate surface area is 88.4 Å². The van der Waals surface area contributed by atoms with Crippen LogP contribution >= 0.6 is 0 Å². The van der Waals surface area contributed by atoms with Crippen molar-refractivity contribution in [3.8, 4) is 0 Å². The van der Waals surface area contributed by atoms with Crippen molar-refractivity contribution in [1.29, 1.82) is 0 Å². The van der Waals surface area contributed by atoms with Gasteiger partial charge in [0.25, 0.3) is 0 Å². The topological polar surface area (TPSA) is 71.4 Å². The molecule has 1 rings (SSSR count). The van der Waals surface area contributed by atoms with Gasteiger partial charge >= 0.3 is 5.97 Å². The lowest BCUT2D eigenvalue weighted by Gasteiger charge is -2.15. The van der Waals surface area contributed by atoms with Crippen LogP contribution in [0.5, 0.6) is 0 Å². The van der Waals surface area contributed by atoms with E-state index in [2.05, 4.69) is 0 Å². The highest BCUT2D eigenvalue weighted by atomic mass is 32.2. The molecule has 0 aliphatic carbocycles. The van der Waals surface area contributed by atoms with Crippen LogP contribution in [0, 0.1) is 5.92 Å². The molecule has 0 aromatic rings. The number of carboxylic acids is 1. The minimum Gasteiger partial charge on any atom is -0.481 e. The minimum atomic E-state index is -3.11. The van der Waals surface area contributed by atoms with Gasteiger partial charge in [0.2, 0.25) is 0 Å². The number of rotatable bonds is 3. The molecule has 1 fully saturated rings. The number of carboxylic acid groups (broad SMARTS) is 1. The van der Waals surface area contributed by atoms with Crippen molar-refractivity contribution in [2.45, 2.75) is 31.9 Å². The second kappa shape index (κ2) is 4.92. The Morgan fingerprint density at radius 1 is 1.33 bits per heavy atom. The number of hydrogen-bond acceptors (Lipinski definition) is 3. The molecule has 0 unspecified atom stereocenters. The summed E-state index contributed by atoms with van der Waals surface area (Å²) in [6, 6.07) is 0. The Morgan fingerprint density at radius 2 is 1.93 bits per heavy atom. The molecule has 88 valence electrons. The van der Waals surface area contributed by atoms with Gasteiger partial charge in [0, 0.05) is 6.42 Å². The molecule has 0 spiro atoms. The van der Waals surface area contributed by atoms with Gasteiger partial charge in [-0.1, -0.05) is 0 Å². The molecule has 1 N–H and O–H groups in total. The van der Waals surface area contributed by atoms with Crippen molar-refractivity contribution >= 4 is 15.8 Å². The number of sulfone groups is 1. The van der Waals surface area contributed by atoms with Crippen LogP contribution in [0.25, 0.3) is 0 Å². The van der Waals surface area contributed by atoms with Crippen LogP contribution in [0.3, 0.4) is 0 Å². The Kier molecular flexibility index (Phi) is 4.07. The molecule has 0 saturated carbocycles. The third-order valence-corrected chi connectivity index (χ3v) is 4.46. The normalized spacial score (nSPS) is 30.7. The smallest absolute Gasteiger partial charge is 0.303 e. The van der Waals surface area contributed by atoms with Crippen molar-refractivity contribution < 1.29 is 22.7 Å². The molecule has 0 aromatic carbocycles. The predicted octanol–water partition coefficient (Wildman–Crippen LogP) is 1.01. The summed E-state index contributed by atoms with van der Waals surface area (Å²) < 4.78 is 35.9. The number of carbonyl (C=O) groups is 1. The Morgan fingerprint density at radius 3 is 2.53 bits per heavy atom. The summed E-state index contributed by atoms with van der Waals surface area (Å²) >= 11 is 0. The van der Waals surface area contributed by atoms with E-state index in [0.29, 0.717) is 0 Å². The van der Waals surface area contributed by atoms with Gasteiger partial charge in [0.15, 0.2) is 0 Å². The van der Waals surface area contributed by atoms with Crippen molar-refractivity contribution in [2.75, 3.05) is 11.5 Å². The molecule has 6 heteroatoms. The van der Waals surface area contributed by atoms with E-state index in [1.165, 1.54) is 0 Å². The lowest BCUT2D eigenvalue weighted by Crippen LogP contribution is -2.16. The van der Waals surface area contributed by atoms with Gasteiger partial charge < -0.3 is 5.11 Å². The van der Waals surface area contributed by atoms with Crippen LogP contribution in [0.15, 0.2) is 0 Å². The largest absolute Gasteiger partial charge is 0.481 e. The van der Waals surface area contributed by atoms with Crippen LogP contribution in [0.1, 0.15) is 25.7 Å². The zero-order valence-corrected chi connectivity index (χ0v) is 9.17. The molecule has 1 heterocycles. The molecule has 0 radical (unpaired) electrons. The maximum absolute atomic E-state index is 13.4. The average Bonchev–Trinajstić information content (AvgIpc) is 2.25. The third kappa shape index (κ3) is 4.15. The molecule has 1 aliphatic rings. The number of hydrogen-bond donors (Lipinski definition) is 1. The Balaban J connectivity index is 2.54. The third-order valence-electron chi connectivity index (χ3n) is 2.74. The first kappa shape index (κ1) is 12.4. The van der Waals surface area contributed by atoms with Crippen LogP contribution in [-0.4, -0.2) is 37.2 Å². The highest BCUT2D eigenvalue weighted by Crippen LogP contribution is 2.26. The summed E-state index contributed by atoms with van der Waals surface area (Å²) in [7, 11) is -3.11. The van der Waals surface area contributed by atoms with Crippen LogP contribution in [0.2, 0.25) is 0 Å². The first-order valence-corrected chi connectivity index (χ1v) is 6.79. The molecule has 0 amide bonds. The van der Waals surface area contributed by atoms with Gasteiger partial charge in [-0.2, -0.15) is 0 Å². The predicted molar refractivity (Wildman–Crippen MR) is 53.1 cm³/mol. The molecule has 1 saturated heterocycles. The summed E-state index contributed by atoms with van der Waals surface area (Å²) in [5, 5.41) is 8.46. The van der Waals surface area contributed by atoms with E-state index in [9.17, 15) is 17.6 Å². The van der Waals surface area contributed by atoms with E-state index in [0.717, 1.165) is 0 Å². The molecular formula is C9H15FO4S. The number of halogens is 1. The molecule has 1 aliphatic heterocycles. The van der Waals surface area contributed by atoms with E-state index in [1.54, 1.807) is 0 Å². The van der Waals surface area contributed by atoms with Gasteiger partial charge in [0.1, 0.15) is 16.0 Å². The van der Waals surface area contributed by atoms with Gasteiger partial charge in [-0.25, -0.2) is 12.8 Å². The van der Waals surface area contributed by atoms with E-state index < -0.39 is 27.9 Å². The molecule has 2 atom stereocenters. The lowest BCUT2D eigenvalue weighted by molar-refractivity contribution is -0.137. The minimum absolute atomic E-state index is 0.00657. The molecule has 0 bridgehead atoms. The van der Waals surface area contributed by atoms with Crippen molar-refractivity contribution in [1.82, 2.24) is 0 Å². The van der Waals surface area contributed by atoms with E-state index >= 15 is 0 Å². The SMILES string of the molecule is O=C(O)CC[C@@H]1CCS(=O)(=O)CC[C@H]1F.